The van der Waals surface area contributed by atoms with Crippen molar-refractivity contribution in [1.29, 1.82) is 0 Å². The van der Waals surface area contributed by atoms with Crippen LogP contribution in [0.4, 0.5) is 14.6 Å². The lowest BCUT2D eigenvalue weighted by molar-refractivity contribution is -0.136. The smallest absolute Gasteiger partial charge is 0.228 e. The third kappa shape index (κ3) is 4.97. The van der Waals surface area contributed by atoms with Crippen LogP contribution in [0.3, 0.4) is 0 Å². The Balaban J connectivity index is 1.35. The normalized spacial score (nSPS) is 26.5. The Labute approximate surface area is 241 Å². The van der Waals surface area contributed by atoms with Gasteiger partial charge in [0.25, 0.3) is 0 Å². The maximum atomic E-state index is 13.7. The van der Waals surface area contributed by atoms with Crippen molar-refractivity contribution >= 4 is 22.9 Å². The van der Waals surface area contributed by atoms with Gasteiger partial charge in [0.05, 0.1) is 23.9 Å². The molecule has 2 aliphatic rings. The summed E-state index contributed by atoms with van der Waals surface area (Å²) in [6, 6.07) is 12.9. The number of rotatable bonds is 6. The number of imidazole rings is 1. The fourth-order valence-corrected chi connectivity index (χ4v) is 5.89. The van der Waals surface area contributed by atoms with Gasteiger partial charge >= 0.3 is 0 Å². The largest absolute Gasteiger partial charge is 0.389 e. The number of hydrogen-bond donors (Lipinski definition) is 4. The maximum absolute atomic E-state index is 13.7. The van der Waals surface area contributed by atoms with Crippen molar-refractivity contribution in [2.75, 3.05) is 18.9 Å². The predicted molar refractivity (Wildman–Crippen MR) is 151 cm³/mol. The molecule has 11 heteroatoms. The number of aromatic nitrogens is 4. The van der Waals surface area contributed by atoms with Gasteiger partial charge in [-0.2, -0.15) is 0 Å². The molecule has 216 valence electrons. The molecule has 4 aromatic rings. The fourth-order valence-electron chi connectivity index (χ4n) is 5.89. The molecule has 42 heavy (non-hydrogen) atoms. The number of amides is 1. The lowest BCUT2D eigenvalue weighted by Gasteiger charge is -2.26. The highest BCUT2D eigenvalue weighted by Gasteiger charge is 2.54. The van der Waals surface area contributed by atoms with E-state index in [9.17, 15) is 23.8 Å². The Morgan fingerprint density at radius 2 is 1.90 bits per heavy atom. The van der Waals surface area contributed by atoms with Crippen LogP contribution in [0, 0.1) is 34.8 Å². The number of anilines is 1. The quantitative estimate of drug-likeness (QED) is 0.262. The number of benzene rings is 2. The highest BCUT2D eigenvalue weighted by molar-refractivity contribution is 5.85. The van der Waals surface area contributed by atoms with E-state index in [0.29, 0.717) is 35.4 Å². The van der Waals surface area contributed by atoms with Crippen LogP contribution in [0.1, 0.15) is 48.7 Å². The van der Waals surface area contributed by atoms with Gasteiger partial charge in [-0.3, -0.25) is 4.79 Å². The van der Waals surface area contributed by atoms with Crippen LogP contribution in [0.2, 0.25) is 0 Å². The average Bonchev–Trinajstić information content (AvgIpc) is 3.60. The zero-order chi connectivity index (χ0) is 29.6. The van der Waals surface area contributed by atoms with Crippen LogP contribution in [-0.4, -0.2) is 61.4 Å². The van der Waals surface area contributed by atoms with E-state index in [-0.39, 0.29) is 23.7 Å². The van der Waals surface area contributed by atoms with Crippen LogP contribution in [0.15, 0.2) is 54.9 Å². The molecule has 2 fully saturated rings. The van der Waals surface area contributed by atoms with Crippen LogP contribution in [0.25, 0.3) is 11.2 Å². The first-order valence-corrected chi connectivity index (χ1v) is 13.8. The number of carbonyl (C=O) groups is 1. The fraction of sp³-hybridized carbons (Fsp3) is 0.355. The average molecular weight is 573 g/mol. The first-order valence-electron chi connectivity index (χ1n) is 13.8. The monoisotopic (exact) mass is 572 g/mol. The topological polar surface area (TPSA) is 125 Å². The summed E-state index contributed by atoms with van der Waals surface area (Å²) in [4.78, 5) is 26.3. The van der Waals surface area contributed by atoms with Gasteiger partial charge in [0, 0.05) is 19.2 Å². The standard InChI is InChI=1S/C31H30F2N6O3/c1-31(30(42)34-2)14-23(26(40)27(31)41)39-16-36-25-28(35-15-19-13-20(19)18-6-4-3-5-7-18)37-24(38-29(25)39)11-9-17-8-10-21(32)22(33)12-17/h3-8,10,12,16,19-20,23,26-27,40-41H,13-15H2,1-2H3,(H,34,42)(H,35,37,38)/t19?,20-,23+,26-,27-,31?/m0/s1. The van der Waals surface area contributed by atoms with Gasteiger partial charge in [0.1, 0.15) is 6.10 Å². The number of aliphatic hydroxyl groups is 2. The van der Waals surface area contributed by atoms with Gasteiger partial charge in [-0.25, -0.2) is 23.7 Å². The summed E-state index contributed by atoms with van der Waals surface area (Å²) in [5, 5.41) is 27.8. The van der Waals surface area contributed by atoms with Crippen molar-refractivity contribution in [3.8, 4) is 11.8 Å². The van der Waals surface area contributed by atoms with E-state index in [1.165, 1.54) is 25.0 Å². The summed E-state index contributed by atoms with van der Waals surface area (Å²) in [5.74, 6) is 4.64. The third-order valence-electron chi connectivity index (χ3n) is 8.45. The molecule has 0 bridgehead atoms. The zero-order valence-corrected chi connectivity index (χ0v) is 23.1. The summed E-state index contributed by atoms with van der Waals surface area (Å²) in [6.45, 7) is 2.24. The molecule has 9 nitrogen and oxygen atoms in total. The van der Waals surface area contributed by atoms with E-state index in [1.54, 1.807) is 11.5 Å². The van der Waals surface area contributed by atoms with E-state index in [1.807, 2.05) is 18.2 Å². The van der Waals surface area contributed by atoms with E-state index < -0.39 is 35.3 Å². The molecule has 2 aromatic heterocycles. The van der Waals surface area contributed by atoms with Gasteiger partial charge in [0.2, 0.25) is 11.7 Å². The number of halogens is 2. The van der Waals surface area contributed by atoms with Gasteiger partial charge in [-0.05, 0) is 61.3 Å². The molecule has 0 spiro atoms. The summed E-state index contributed by atoms with van der Waals surface area (Å²) < 4.78 is 28.8. The zero-order valence-electron chi connectivity index (χ0n) is 23.1. The molecule has 2 heterocycles. The number of fused-ring (bicyclic) bond motifs is 1. The molecular formula is C31H30F2N6O3. The molecule has 0 saturated heterocycles. The van der Waals surface area contributed by atoms with Crippen molar-refractivity contribution < 1.29 is 23.8 Å². The molecule has 0 radical (unpaired) electrons. The second-order valence-corrected chi connectivity index (χ2v) is 11.2. The second-order valence-electron chi connectivity index (χ2n) is 11.2. The van der Waals surface area contributed by atoms with Crippen LogP contribution in [-0.2, 0) is 4.79 Å². The van der Waals surface area contributed by atoms with Crippen molar-refractivity contribution in [2.45, 2.75) is 43.9 Å². The van der Waals surface area contributed by atoms with Gasteiger partial charge in [0.15, 0.2) is 28.6 Å². The Hall–Kier alpha value is -4.40. The molecular weight excluding hydrogens is 542 g/mol. The lowest BCUT2D eigenvalue weighted by Crippen LogP contribution is -2.45. The Bertz CT molecular complexity index is 1720. The molecule has 4 N–H and O–H groups in total. The third-order valence-corrected chi connectivity index (χ3v) is 8.45. The molecule has 6 atom stereocenters. The number of carbonyl (C=O) groups excluding carboxylic acids is 1. The summed E-state index contributed by atoms with van der Waals surface area (Å²) in [5.41, 5.74) is 1.11. The van der Waals surface area contributed by atoms with E-state index in [4.69, 9.17) is 0 Å². The van der Waals surface area contributed by atoms with Crippen LogP contribution in [0.5, 0.6) is 0 Å². The van der Waals surface area contributed by atoms with Crippen LogP contribution >= 0.6 is 0 Å². The molecule has 2 aromatic carbocycles. The lowest BCUT2D eigenvalue weighted by atomic mass is 9.85. The van der Waals surface area contributed by atoms with E-state index in [0.717, 1.165) is 18.6 Å². The van der Waals surface area contributed by atoms with Crippen molar-refractivity contribution in [3.63, 3.8) is 0 Å². The summed E-state index contributed by atoms with van der Waals surface area (Å²) in [6.07, 6.45) is 0.121. The molecule has 0 aliphatic heterocycles. The van der Waals surface area contributed by atoms with Gasteiger partial charge in [-0.1, -0.05) is 36.3 Å². The number of nitrogens with zero attached hydrogens (tertiary/aromatic N) is 4. The second kappa shape index (κ2) is 10.8. The van der Waals surface area contributed by atoms with Crippen LogP contribution < -0.4 is 10.6 Å². The number of aliphatic hydroxyl groups excluding tert-OH is 2. The minimum atomic E-state index is -1.31. The summed E-state index contributed by atoms with van der Waals surface area (Å²) >= 11 is 0. The first kappa shape index (κ1) is 27.8. The highest BCUT2D eigenvalue weighted by Crippen LogP contribution is 2.48. The van der Waals surface area contributed by atoms with Crippen molar-refractivity contribution in [3.05, 3.63) is 83.4 Å². The van der Waals surface area contributed by atoms with Crippen molar-refractivity contribution in [1.82, 2.24) is 24.8 Å². The van der Waals surface area contributed by atoms with Gasteiger partial charge in [-0.15, -0.1) is 0 Å². The highest BCUT2D eigenvalue weighted by atomic mass is 19.2. The SMILES string of the molecule is CNC(=O)C1(C)C[C@@H](n2cnc3c(NCC4C[C@H]4c4ccccc4)nc(C#Cc4ccc(F)c(F)c4)nc32)[C@H](O)[C@@H]1O. The Morgan fingerprint density at radius 1 is 1.12 bits per heavy atom. The number of hydrogen-bond acceptors (Lipinski definition) is 7. The summed E-state index contributed by atoms with van der Waals surface area (Å²) in [7, 11) is 1.48. The number of nitrogens with one attached hydrogen (secondary N) is 2. The molecule has 2 saturated carbocycles. The molecule has 6 rings (SSSR count). The maximum Gasteiger partial charge on any atom is 0.228 e. The first-order chi connectivity index (χ1) is 20.2. The molecule has 2 aliphatic carbocycles. The van der Waals surface area contributed by atoms with E-state index >= 15 is 0 Å². The minimum Gasteiger partial charge on any atom is -0.389 e. The Kier molecular flexibility index (Phi) is 7.12. The molecule has 2 unspecified atom stereocenters. The Morgan fingerprint density at radius 3 is 2.64 bits per heavy atom. The predicted octanol–water partition coefficient (Wildman–Crippen LogP) is 3.14. The van der Waals surface area contributed by atoms with Crippen molar-refractivity contribution in [2.24, 2.45) is 11.3 Å². The minimum absolute atomic E-state index is 0.106. The van der Waals surface area contributed by atoms with E-state index in [2.05, 4.69) is 49.6 Å². The molecule has 1 amide bonds. The van der Waals surface area contributed by atoms with Gasteiger partial charge < -0.3 is 25.4 Å².